The third kappa shape index (κ3) is 4.29. The number of rotatable bonds is 4. The number of benzene rings is 3. The van der Waals surface area contributed by atoms with Crippen LogP contribution in [0.2, 0.25) is 0 Å². The molecular weight excluding hydrogens is 392 g/mol. The molecule has 1 fully saturated rings. The Bertz CT molecular complexity index is 1240. The highest BCUT2D eigenvalue weighted by Gasteiger charge is 2.16. The second-order valence-electron chi connectivity index (χ2n) is 8.82. The lowest BCUT2D eigenvalue weighted by atomic mass is 9.83. The molecule has 1 heterocycles. The summed E-state index contributed by atoms with van der Waals surface area (Å²) >= 11 is 0. The smallest absolute Gasteiger partial charge is 0.256 e. The van der Waals surface area contributed by atoms with Gasteiger partial charge >= 0.3 is 0 Å². The first kappa shape index (κ1) is 20.4. The molecule has 0 radical (unpaired) electrons. The maximum Gasteiger partial charge on any atom is 0.256 e. The summed E-state index contributed by atoms with van der Waals surface area (Å²) in [5.74, 6) is 0.598. The number of hydrogen-bond acceptors (Lipinski definition) is 2. The van der Waals surface area contributed by atoms with Crippen molar-refractivity contribution in [3.63, 3.8) is 0 Å². The predicted molar refractivity (Wildman–Crippen MR) is 132 cm³/mol. The molecule has 32 heavy (non-hydrogen) atoms. The van der Waals surface area contributed by atoms with E-state index in [2.05, 4.69) is 41.7 Å². The molecule has 0 aliphatic heterocycles. The molecule has 5 rings (SSSR count). The first-order valence-electron chi connectivity index (χ1n) is 11.6. The summed E-state index contributed by atoms with van der Waals surface area (Å²) in [5.41, 5.74) is 6.89. The van der Waals surface area contributed by atoms with E-state index in [0.717, 1.165) is 27.8 Å². The van der Waals surface area contributed by atoms with Gasteiger partial charge < -0.3 is 5.32 Å². The quantitative estimate of drug-likeness (QED) is 0.371. The molecule has 4 aromatic rings. The minimum atomic E-state index is -0.115. The Morgan fingerprint density at radius 2 is 1.56 bits per heavy atom. The number of amides is 1. The third-order valence-corrected chi connectivity index (χ3v) is 6.53. The van der Waals surface area contributed by atoms with Gasteiger partial charge in [0.2, 0.25) is 0 Å². The van der Waals surface area contributed by atoms with Crippen LogP contribution in [0.1, 0.15) is 59.6 Å². The van der Waals surface area contributed by atoms with Gasteiger partial charge in [-0.2, -0.15) is 0 Å². The van der Waals surface area contributed by atoms with Crippen LogP contribution in [0.5, 0.6) is 0 Å². The zero-order chi connectivity index (χ0) is 21.9. The topological polar surface area (TPSA) is 42.0 Å². The standard InChI is InChI=1S/C29H28N2O/c1-20-18-27(29(32)31-25-10-6-3-7-11-25)26-17-16-24(19-28(26)30-20)23-14-12-22(13-15-23)21-8-4-2-5-9-21/h3,6-7,10-19,21H,2,4-5,8-9H2,1H3,(H,31,32). The fraction of sp³-hybridized carbons (Fsp3) is 0.241. The van der Waals surface area contributed by atoms with Crippen LogP contribution >= 0.6 is 0 Å². The van der Waals surface area contributed by atoms with E-state index in [9.17, 15) is 4.79 Å². The molecule has 0 spiro atoms. The Labute approximate surface area is 189 Å². The number of nitrogens with one attached hydrogen (secondary N) is 1. The first-order chi connectivity index (χ1) is 15.7. The average Bonchev–Trinajstić information content (AvgIpc) is 2.84. The summed E-state index contributed by atoms with van der Waals surface area (Å²) in [6.07, 6.45) is 6.70. The van der Waals surface area contributed by atoms with Gasteiger partial charge in [0.15, 0.2) is 0 Å². The van der Waals surface area contributed by atoms with Crippen molar-refractivity contribution >= 4 is 22.5 Å². The summed E-state index contributed by atoms with van der Waals surface area (Å²) in [4.78, 5) is 17.7. The van der Waals surface area contributed by atoms with Gasteiger partial charge in [0.05, 0.1) is 11.1 Å². The zero-order valence-electron chi connectivity index (χ0n) is 18.5. The Morgan fingerprint density at radius 3 is 2.31 bits per heavy atom. The van der Waals surface area contributed by atoms with Crippen LogP contribution in [0.25, 0.3) is 22.0 Å². The lowest BCUT2D eigenvalue weighted by Crippen LogP contribution is -2.13. The summed E-state index contributed by atoms with van der Waals surface area (Å²) < 4.78 is 0. The van der Waals surface area contributed by atoms with Crippen molar-refractivity contribution in [2.24, 2.45) is 0 Å². The minimum Gasteiger partial charge on any atom is -0.322 e. The number of carbonyl (C=O) groups is 1. The molecule has 1 aliphatic rings. The maximum absolute atomic E-state index is 13.0. The molecule has 0 unspecified atom stereocenters. The first-order valence-corrected chi connectivity index (χ1v) is 11.6. The molecule has 160 valence electrons. The van der Waals surface area contributed by atoms with Crippen LogP contribution in [0.3, 0.4) is 0 Å². The van der Waals surface area contributed by atoms with Crippen molar-refractivity contribution in [2.75, 3.05) is 5.32 Å². The van der Waals surface area contributed by atoms with Crippen LogP contribution in [0.4, 0.5) is 5.69 Å². The molecular formula is C29H28N2O. The summed E-state index contributed by atoms with van der Waals surface area (Å²) in [7, 11) is 0. The largest absolute Gasteiger partial charge is 0.322 e. The molecule has 3 nitrogen and oxygen atoms in total. The van der Waals surface area contributed by atoms with Crippen molar-refractivity contribution in [2.45, 2.75) is 44.9 Å². The van der Waals surface area contributed by atoms with Crippen molar-refractivity contribution < 1.29 is 4.79 Å². The van der Waals surface area contributed by atoms with E-state index >= 15 is 0 Å². The second kappa shape index (κ2) is 8.96. The molecule has 0 saturated heterocycles. The number of fused-ring (bicyclic) bond motifs is 1. The molecule has 1 aromatic heterocycles. The Kier molecular flexibility index (Phi) is 5.72. The molecule has 3 heteroatoms. The van der Waals surface area contributed by atoms with E-state index in [1.165, 1.54) is 43.2 Å². The number of para-hydroxylation sites is 1. The number of nitrogens with zero attached hydrogens (tertiary/aromatic N) is 1. The highest BCUT2D eigenvalue weighted by atomic mass is 16.1. The predicted octanol–water partition coefficient (Wildman–Crippen LogP) is 7.51. The molecule has 0 bridgehead atoms. The number of anilines is 1. The van der Waals surface area contributed by atoms with Crippen LogP contribution in [0, 0.1) is 6.92 Å². The number of aryl methyl sites for hydroxylation is 1. The molecule has 1 amide bonds. The van der Waals surface area contributed by atoms with E-state index in [1.54, 1.807) is 0 Å². The van der Waals surface area contributed by atoms with Gasteiger partial charge in [0.1, 0.15) is 0 Å². The van der Waals surface area contributed by atoms with Gasteiger partial charge in [0.25, 0.3) is 5.91 Å². The summed E-state index contributed by atoms with van der Waals surface area (Å²) in [6, 6.07) is 26.6. The third-order valence-electron chi connectivity index (χ3n) is 6.53. The number of carbonyl (C=O) groups excluding carboxylic acids is 1. The SMILES string of the molecule is Cc1cc(C(=O)Nc2ccccc2)c2ccc(-c3ccc(C4CCCCC4)cc3)cc2n1. The van der Waals surface area contributed by atoms with Crippen LogP contribution in [-0.2, 0) is 0 Å². The van der Waals surface area contributed by atoms with Gasteiger partial charge in [0, 0.05) is 16.8 Å². The molecule has 0 atom stereocenters. The van der Waals surface area contributed by atoms with E-state index in [4.69, 9.17) is 4.98 Å². The Morgan fingerprint density at radius 1 is 0.844 bits per heavy atom. The number of aromatic nitrogens is 1. The lowest BCUT2D eigenvalue weighted by Gasteiger charge is -2.22. The molecule has 3 aromatic carbocycles. The molecule has 1 N–H and O–H groups in total. The molecule has 1 aliphatic carbocycles. The number of pyridine rings is 1. The van der Waals surface area contributed by atoms with Gasteiger partial charge in [-0.15, -0.1) is 0 Å². The van der Waals surface area contributed by atoms with E-state index in [-0.39, 0.29) is 5.91 Å². The second-order valence-corrected chi connectivity index (χ2v) is 8.82. The molecule has 1 saturated carbocycles. The van der Waals surface area contributed by atoms with Crippen molar-refractivity contribution in [3.05, 3.63) is 95.7 Å². The van der Waals surface area contributed by atoms with E-state index in [1.807, 2.05) is 49.4 Å². The fourth-order valence-electron chi connectivity index (χ4n) is 4.83. The van der Waals surface area contributed by atoms with Crippen LogP contribution in [-0.4, -0.2) is 10.9 Å². The highest BCUT2D eigenvalue weighted by Crippen LogP contribution is 2.34. The van der Waals surface area contributed by atoms with Gasteiger partial charge in [-0.25, -0.2) is 0 Å². The summed E-state index contributed by atoms with van der Waals surface area (Å²) in [6.45, 7) is 1.93. The Hall–Kier alpha value is -3.46. The normalized spacial score (nSPS) is 14.4. The maximum atomic E-state index is 13.0. The van der Waals surface area contributed by atoms with Crippen LogP contribution in [0.15, 0.2) is 78.9 Å². The van der Waals surface area contributed by atoms with E-state index in [0.29, 0.717) is 11.5 Å². The number of hydrogen-bond donors (Lipinski definition) is 1. The van der Waals surface area contributed by atoms with Crippen molar-refractivity contribution in [3.8, 4) is 11.1 Å². The minimum absolute atomic E-state index is 0.115. The van der Waals surface area contributed by atoms with Gasteiger partial charge in [-0.3, -0.25) is 9.78 Å². The highest BCUT2D eigenvalue weighted by molar-refractivity contribution is 6.12. The van der Waals surface area contributed by atoms with E-state index < -0.39 is 0 Å². The summed E-state index contributed by atoms with van der Waals surface area (Å²) in [5, 5.41) is 3.86. The van der Waals surface area contributed by atoms with Gasteiger partial charge in [-0.05, 0) is 66.6 Å². The lowest BCUT2D eigenvalue weighted by molar-refractivity contribution is 0.102. The van der Waals surface area contributed by atoms with Crippen molar-refractivity contribution in [1.29, 1.82) is 0 Å². The fourth-order valence-corrected chi connectivity index (χ4v) is 4.83. The van der Waals surface area contributed by atoms with Crippen molar-refractivity contribution in [1.82, 2.24) is 4.98 Å². The average molecular weight is 421 g/mol. The van der Waals surface area contributed by atoms with Crippen LogP contribution < -0.4 is 5.32 Å². The monoisotopic (exact) mass is 420 g/mol. The zero-order valence-corrected chi connectivity index (χ0v) is 18.5. The van der Waals surface area contributed by atoms with Gasteiger partial charge in [-0.1, -0.05) is 73.9 Å². The Balaban J connectivity index is 1.44.